The summed E-state index contributed by atoms with van der Waals surface area (Å²) in [6, 6.07) is 8.16. The van der Waals surface area contributed by atoms with Gasteiger partial charge in [0.15, 0.2) is 11.7 Å². The third-order valence-electron chi connectivity index (χ3n) is 4.18. The Morgan fingerprint density at radius 2 is 2.00 bits per heavy atom. The number of nitrogens with zero attached hydrogens (tertiary/aromatic N) is 3. The van der Waals surface area contributed by atoms with Crippen LogP contribution in [0.1, 0.15) is 16.1 Å². The van der Waals surface area contributed by atoms with Crippen LogP contribution >= 0.6 is 15.9 Å². The number of nitrogens with one attached hydrogen (secondary N) is 1. The third kappa shape index (κ3) is 4.43. The number of aliphatic imine (C=N–C) groups is 1. The van der Waals surface area contributed by atoms with Gasteiger partial charge in [0.05, 0.1) is 6.26 Å². The molecule has 8 heteroatoms. The van der Waals surface area contributed by atoms with Crippen molar-refractivity contribution < 1.29 is 13.6 Å². The number of piperazine rings is 1. The van der Waals surface area contributed by atoms with Crippen molar-refractivity contribution >= 4 is 27.8 Å². The molecule has 0 radical (unpaired) electrons. The number of amides is 1. The zero-order chi connectivity index (χ0) is 18.5. The van der Waals surface area contributed by atoms with Crippen LogP contribution in [0.25, 0.3) is 0 Å². The maximum atomic E-state index is 13.5. The van der Waals surface area contributed by atoms with Gasteiger partial charge in [-0.15, -0.1) is 0 Å². The van der Waals surface area contributed by atoms with E-state index in [1.807, 2.05) is 6.07 Å². The predicted molar refractivity (Wildman–Crippen MR) is 100 cm³/mol. The first-order valence-electron chi connectivity index (χ1n) is 8.30. The van der Waals surface area contributed by atoms with Crippen molar-refractivity contribution in [2.24, 2.45) is 4.99 Å². The predicted octanol–water partition coefficient (Wildman–Crippen LogP) is 2.71. The average molecular weight is 423 g/mol. The van der Waals surface area contributed by atoms with Crippen molar-refractivity contribution in [3.8, 4) is 0 Å². The number of benzene rings is 1. The molecule has 0 unspecified atom stereocenters. The van der Waals surface area contributed by atoms with Crippen LogP contribution in [0.4, 0.5) is 4.39 Å². The molecule has 6 nitrogen and oxygen atoms in total. The molecule has 0 spiro atoms. The zero-order valence-corrected chi connectivity index (χ0v) is 16.0. The molecule has 138 valence electrons. The molecule has 2 heterocycles. The van der Waals surface area contributed by atoms with E-state index in [1.165, 1.54) is 18.4 Å². The molecular formula is C18H20BrFN4O2. The summed E-state index contributed by atoms with van der Waals surface area (Å²) in [6.45, 7) is 2.98. The van der Waals surface area contributed by atoms with E-state index in [1.54, 1.807) is 24.1 Å². The van der Waals surface area contributed by atoms with E-state index < -0.39 is 0 Å². The molecule has 1 aliphatic heterocycles. The summed E-state index contributed by atoms with van der Waals surface area (Å²) in [5.41, 5.74) is 0.824. The normalized spacial score (nSPS) is 15.3. The minimum absolute atomic E-state index is 0.0952. The Morgan fingerprint density at radius 1 is 1.27 bits per heavy atom. The van der Waals surface area contributed by atoms with Gasteiger partial charge in [-0.2, -0.15) is 0 Å². The number of rotatable bonds is 3. The fourth-order valence-corrected chi connectivity index (χ4v) is 3.42. The van der Waals surface area contributed by atoms with Gasteiger partial charge < -0.3 is 19.5 Å². The Hall–Kier alpha value is -2.35. The van der Waals surface area contributed by atoms with Crippen LogP contribution in [0.2, 0.25) is 0 Å². The number of halogens is 2. The van der Waals surface area contributed by atoms with E-state index in [0.717, 1.165) is 11.5 Å². The van der Waals surface area contributed by atoms with Gasteiger partial charge in [0.25, 0.3) is 5.91 Å². The van der Waals surface area contributed by atoms with Gasteiger partial charge in [0.1, 0.15) is 5.82 Å². The lowest BCUT2D eigenvalue weighted by Gasteiger charge is -2.36. The fourth-order valence-electron chi connectivity index (χ4n) is 2.90. The van der Waals surface area contributed by atoms with Crippen molar-refractivity contribution in [2.45, 2.75) is 6.54 Å². The van der Waals surface area contributed by atoms with Gasteiger partial charge in [0.2, 0.25) is 0 Å². The minimum atomic E-state index is -0.281. The lowest BCUT2D eigenvalue weighted by Crippen LogP contribution is -2.53. The Balaban J connectivity index is 1.54. The molecule has 1 aliphatic rings. The van der Waals surface area contributed by atoms with Gasteiger partial charge >= 0.3 is 0 Å². The second-order valence-electron chi connectivity index (χ2n) is 5.94. The summed E-state index contributed by atoms with van der Waals surface area (Å²) in [4.78, 5) is 20.5. The molecule has 1 amide bonds. The third-order valence-corrected chi connectivity index (χ3v) is 4.64. The van der Waals surface area contributed by atoms with Crippen LogP contribution in [0.5, 0.6) is 0 Å². The highest BCUT2D eigenvalue weighted by Crippen LogP contribution is 2.15. The van der Waals surface area contributed by atoms with Crippen LogP contribution in [0.3, 0.4) is 0 Å². The summed E-state index contributed by atoms with van der Waals surface area (Å²) in [5, 5.41) is 3.25. The molecule has 3 rings (SSSR count). The number of carbonyl (C=O) groups is 1. The molecule has 1 aromatic carbocycles. The molecule has 1 saturated heterocycles. The highest BCUT2D eigenvalue weighted by atomic mass is 79.9. The molecule has 2 aromatic rings. The highest BCUT2D eigenvalue weighted by Gasteiger charge is 2.25. The van der Waals surface area contributed by atoms with Gasteiger partial charge in [-0.25, -0.2) is 4.39 Å². The fraction of sp³-hybridized carbons (Fsp3) is 0.333. The molecule has 0 atom stereocenters. The molecule has 0 saturated carbocycles. The SMILES string of the molecule is CN=C(NCc1cc(F)cc(Br)c1)N1CCN(C(=O)c2ccco2)CC1. The van der Waals surface area contributed by atoms with Gasteiger partial charge in [-0.1, -0.05) is 15.9 Å². The summed E-state index contributed by atoms with van der Waals surface area (Å²) in [6.07, 6.45) is 1.50. The maximum absolute atomic E-state index is 13.5. The van der Waals surface area contributed by atoms with Crippen LogP contribution < -0.4 is 5.32 Å². The van der Waals surface area contributed by atoms with E-state index in [-0.39, 0.29) is 11.7 Å². The summed E-state index contributed by atoms with van der Waals surface area (Å²) < 4.78 is 19.4. The monoisotopic (exact) mass is 422 g/mol. The van der Waals surface area contributed by atoms with Crippen molar-refractivity contribution in [3.63, 3.8) is 0 Å². The van der Waals surface area contributed by atoms with Gasteiger partial charge in [-0.05, 0) is 35.9 Å². The van der Waals surface area contributed by atoms with E-state index in [9.17, 15) is 9.18 Å². The maximum Gasteiger partial charge on any atom is 0.289 e. The molecule has 1 fully saturated rings. The van der Waals surface area contributed by atoms with Crippen molar-refractivity contribution in [2.75, 3.05) is 33.2 Å². The number of furan rings is 1. The van der Waals surface area contributed by atoms with E-state index in [0.29, 0.717) is 43.0 Å². The first-order chi connectivity index (χ1) is 12.6. The molecule has 0 bridgehead atoms. The van der Waals surface area contributed by atoms with E-state index >= 15 is 0 Å². The molecule has 26 heavy (non-hydrogen) atoms. The van der Waals surface area contributed by atoms with Crippen LogP contribution in [0.15, 0.2) is 50.5 Å². The second-order valence-corrected chi connectivity index (χ2v) is 6.85. The van der Waals surface area contributed by atoms with Gasteiger partial charge in [-0.3, -0.25) is 9.79 Å². The molecule has 1 N–H and O–H groups in total. The lowest BCUT2D eigenvalue weighted by molar-refractivity contribution is 0.0657. The quantitative estimate of drug-likeness (QED) is 0.610. The summed E-state index contributed by atoms with van der Waals surface area (Å²) in [5.74, 6) is 0.714. The first kappa shape index (κ1) is 18.4. The van der Waals surface area contributed by atoms with Crippen LogP contribution in [0, 0.1) is 5.82 Å². The number of guanidine groups is 1. The number of carbonyl (C=O) groups excluding carboxylic acids is 1. The summed E-state index contributed by atoms with van der Waals surface area (Å²) in [7, 11) is 1.71. The van der Waals surface area contributed by atoms with Gasteiger partial charge in [0, 0.05) is 44.2 Å². The smallest absolute Gasteiger partial charge is 0.289 e. The lowest BCUT2D eigenvalue weighted by atomic mass is 10.2. The zero-order valence-electron chi connectivity index (χ0n) is 14.4. The Kier molecular flexibility index (Phi) is 5.92. The van der Waals surface area contributed by atoms with Crippen LogP contribution in [-0.4, -0.2) is 54.9 Å². The minimum Gasteiger partial charge on any atom is -0.459 e. The van der Waals surface area contributed by atoms with E-state index in [4.69, 9.17) is 4.42 Å². The van der Waals surface area contributed by atoms with E-state index in [2.05, 4.69) is 31.1 Å². The standard InChI is InChI=1S/C18H20BrFN4O2/c1-21-18(22-12-13-9-14(19)11-15(20)10-13)24-6-4-23(5-7-24)17(25)16-3-2-8-26-16/h2-3,8-11H,4-7,12H2,1H3,(H,21,22). The van der Waals surface area contributed by atoms with Crippen molar-refractivity contribution in [1.82, 2.24) is 15.1 Å². The molecular weight excluding hydrogens is 403 g/mol. The Bertz CT molecular complexity index is 766. The Morgan fingerprint density at radius 3 is 2.62 bits per heavy atom. The summed E-state index contributed by atoms with van der Waals surface area (Å²) >= 11 is 3.30. The van der Waals surface area contributed by atoms with Crippen LogP contribution in [-0.2, 0) is 6.54 Å². The Labute approximate surface area is 159 Å². The average Bonchev–Trinajstić information content (AvgIpc) is 3.16. The van der Waals surface area contributed by atoms with Crippen molar-refractivity contribution in [1.29, 1.82) is 0 Å². The topological polar surface area (TPSA) is 61.1 Å². The largest absolute Gasteiger partial charge is 0.459 e. The van der Waals surface area contributed by atoms with Crippen molar-refractivity contribution in [3.05, 3.63) is 58.2 Å². The number of hydrogen-bond donors (Lipinski definition) is 1. The number of hydrogen-bond acceptors (Lipinski definition) is 3. The molecule has 0 aliphatic carbocycles. The molecule has 1 aromatic heterocycles. The highest BCUT2D eigenvalue weighted by molar-refractivity contribution is 9.10. The second kappa shape index (κ2) is 8.35. The first-order valence-corrected chi connectivity index (χ1v) is 9.09.